The van der Waals surface area contributed by atoms with Gasteiger partial charge in [-0.05, 0) is 6.42 Å². The van der Waals surface area contributed by atoms with Crippen LogP contribution in [0.25, 0.3) is 0 Å². The fraction of sp³-hybridized carbons (Fsp3) is 0.700. The number of aliphatic carboxylic acids is 1. The number of piperazine rings is 1. The highest BCUT2D eigenvalue weighted by atomic mass is 16.4. The van der Waals surface area contributed by atoms with E-state index in [0.29, 0.717) is 19.5 Å². The van der Waals surface area contributed by atoms with Crippen molar-refractivity contribution in [1.29, 1.82) is 0 Å². The van der Waals surface area contributed by atoms with Gasteiger partial charge in [0, 0.05) is 19.1 Å². The van der Waals surface area contributed by atoms with Crippen LogP contribution in [-0.2, 0) is 9.59 Å². The van der Waals surface area contributed by atoms with Crippen LogP contribution in [0, 0.1) is 0 Å². The second-order valence-corrected chi connectivity index (χ2v) is 3.92. The van der Waals surface area contributed by atoms with Gasteiger partial charge in [-0.25, -0.2) is 4.79 Å². The van der Waals surface area contributed by atoms with Gasteiger partial charge in [0.15, 0.2) is 0 Å². The molecule has 0 aromatic heterocycles. The molecule has 1 unspecified atom stereocenters. The Kier molecular flexibility index (Phi) is 4.74. The van der Waals surface area contributed by atoms with Crippen molar-refractivity contribution in [3.63, 3.8) is 0 Å². The number of carbonyl (C=O) groups is 3. The minimum Gasteiger partial charge on any atom is -0.481 e. The lowest BCUT2D eigenvalue weighted by molar-refractivity contribution is -0.137. The van der Waals surface area contributed by atoms with E-state index in [2.05, 4.69) is 10.6 Å². The molecule has 7 nitrogen and oxygen atoms in total. The van der Waals surface area contributed by atoms with Crippen LogP contribution in [0.15, 0.2) is 0 Å². The van der Waals surface area contributed by atoms with Gasteiger partial charge in [0.05, 0.1) is 6.42 Å². The Bertz CT molecular complexity index is 319. The first-order chi connectivity index (χ1) is 8.02. The molecule has 0 aromatic rings. The second kappa shape index (κ2) is 6.07. The summed E-state index contributed by atoms with van der Waals surface area (Å²) in [4.78, 5) is 34.7. The number of nitrogens with zero attached hydrogens (tertiary/aromatic N) is 1. The first kappa shape index (κ1) is 13.3. The molecule has 1 saturated heterocycles. The molecule has 1 heterocycles. The van der Waals surface area contributed by atoms with E-state index < -0.39 is 12.0 Å². The van der Waals surface area contributed by atoms with Crippen LogP contribution in [0.1, 0.15) is 19.8 Å². The quantitative estimate of drug-likeness (QED) is 0.613. The molecule has 0 aromatic carbocycles. The number of hydrogen-bond donors (Lipinski definition) is 3. The molecule has 96 valence electrons. The van der Waals surface area contributed by atoms with Crippen LogP contribution in [0.5, 0.6) is 0 Å². The van der Waals surface area contributed by atoms with Crippen molar-refractivity contribution in [2.45, 2.75) is 25.8 Å². The first-order valence-electron chi connectivity index (χ1n) is 5.56. The van der Waals surface area contributed by atoms with Crippen molar-refractivity contribution in [3.8, 4) is 0 Å². The highest BCUT2D eigenvalue weighted by molar-refractivity contribution is 5.85. The van der Waals surface area contributed by atoms with E-state index in [1.807, 2.05) is 0 Å². The molecule has 0 aliphatic carbocycles. The van der Waals surface area contributed by atoms with Gasteiger partial charge < -0.3 is 20.6 Å². The Balaban J connectivity index is 2.46. The topological polar surface area (TPSA) is 98.7 Å². The summed E-state index contributed by atoms with van der Waals surface area (Å²) in [5.74, 6) is -1.15. The number of hydrogen-bond acceptors (Lipinski definition) is 3. The zero-order valence-corrected chi connectivity index (χ0v) is 9.73. The summed E-state index contributed by atoms with van der Waals surface area (Å²) in [5.41, 5.74) is 0. The second-order valence-electron chi connectivity index (χ2n) is 3.92. The van der Waals surface area contributed by atoms with Gasteiger partial charge in [0.2, 0.25) is 5.91 Å². The number of amides is 3. The average Bonchev–Trinajstić information content (AvgIpc) is 2.27. The number of carboxylic acid groups (broad SMARTS) is 1. The third kappa shape index (κ3) is 4.29. The molecule has 1 atom stereocenters. The molecule has 1 rings (SSSR count). The zero-order chi connectivity index (χ0) is 12.8. The molecule has 7 heteroatoms. The number of urea groups is 1. The van der Waals surface area contributed by atoms with Gasteiger partial charge in [-0.1, -0.05) is 6.92 Å². The minimum absolute atomic E-state index is 0.0232. The predicted molar refractivity (Wildman–Crippen MR) is 59.4 cm³/mol. The van der Waals surface area contributed by atoms with Crippen LogP contribution < -0.4 is 10.6 Å². The number of nitrogens with one attached hydrogen (secondary N) is 2. The summed E-state index contributed by atoms with van der Waals surface area (Å²) >= 11 is 0. The number of carbonyl (C=O) groups excluding carboxylic acids is 2. The Morgan fingerprint density at radius 1 is 1.59 bits per heavy atom. The largest absolute Gasteiger partial charge is 0.481 e. The van der Waals surface area contributed by atoms with E-state index in [1.165, 1.54) is 4.90 Å². The van der Waals surface area contributed by atoms with Crippen molar-refractivity contribution in [3.05, 3.63) is 0 Å². The summed E-state index contributed by atoms with van der Waals surface area (Å²) in [6, 6.07) is -0.780. The SMILES string of the molecule is CCC(CC(=O)O)NC(=O)N1CCNC(=O)C1. The number of carboxylic acids is 1. The normalized spacial score (nSPS) is 17.2. The Morgan fingerprint density at radius 3 is 2.82 bits per heavy atom. The summed E-state index contributed by atoms with van der Waals surface area (Å²) in [6.07, 6.45) is 0.431. The monoisotopic (exact) mass is 243 g/mol. The average molecular weight is 243 g/mol. The highest BCUT2D eigenvalue weighted by Crippen LogP contribution is 2.01. The van der Waals surface area contributed by atoms with Crippen molar-refractivity contribution in [1.82, 2.24) is 15.5 Å². The molecule has 0 bridgehead atoms. The molecule has 0 radical (unpaired) electrons. The molecule has 0 saturated carbocycles. The zero-order valence-electron chi connectivity index (χ0n) is 9.73. The van der Waals surface area contributed by atoms with Crippen molar-refractivity contribution < 1.29 is 19.5 Å². The minimum atomic E-state index is -0.950. The molecular weight excluding hydrogens is 226 g/mol. The van der Waals surface area contributed by atoms with Crippen LogP contribution in [0.4, 0.5) is 4.79 Å². The highest BCUT2D eigenvalue weighted by Gasteiger charge is 2.23. The predicted octanol–water partition coefficient (Wildman–Crippen LogP) is -0.619. The molecule has 1 aliphatic rings. The lowest BCUT2D eigenvalue weighted by Crippen LogP contribution is -2.54. The fourth-order valence-electron chi connectivity index (χ4n) is 1.59. The first-order valence-corrected chi connectivity index (χ1v) is 5.56. The molecule has 3 amide bonds. The van der Waals surface area contributed by atoms with E-state index in [-0.39, 0.29) is 24.9 Å². The van der Waals surface area contributed by atoms with Gasteiger partial charge in [-0.15, -0.1) is 0 Å². The van der Waals surface area contributed by atoms with Gasteiger partial charge in [0.25, 0.3) is 0 Å². The van der Waals surface area contributed by atoms with Crippen LogP contribution in [0.2, 0.25) is 0 Å². The summed E-state index contributed by atoms with van der Waals surface area (Å²) < 4.78 is 0. The molecule has 1 fully saturated rings. The van der Waals surface area contributed by atoms with Gasteiger partial charge in [-0.3, -0.25) is 9.59 Å². The van der Waals surface area contributed by atoms with E-state index in [0.717, 1.165) is 0 Å². The lowest BCUT2D eigenvalue weighted by atomic mass is 10.1. The third-order valence-corrected chi connectivity index (χ3v) is 2.57. The van der Waals surface area contributed by atoms with Crippen LogP contribution in [-0.4, -0.2) is 53.6 Å². The van der Waals surface area contributed by atoms with E-state index in [1.54, 1.807) is 6.92 Å². The van der Waals surface area contributed by atoms with E-state index in [9.17, 15) is 14.4 Å². The number of rotatable bonds is 4. The smallest absolute Gasteiger partial charge is 0.318 e. The van der Waals surface area contributed by atoms with Crippen molar-refractivity contribution >= 4 is 17.9 Å². The Hall–Kier alpha value is -1.79. The molecule has 3 N–H and O–H groups in total. The van der Waals surface area contributed by atoms with Gasteiger partial charge in [-0.2, -0.15) is 0 Å². The Morgan fingerprint density at radius 2 is 2.29 bits per heavy atom. The molecule has 17 heavy (non-hydrogen) atoms. The Labute approximate surface area is 99.2 Å². The maximum absolute atomic E-state index is 11.7. The standard InChI is InChI=1S/C10H17N3O4/c1-2-7(5-9(15)16)12-10(17)13-4-3-11-8(14)6-13/h7H,2-6H2,1H3,(H,11,14)(H,12,17)(H,15,16). The van der Waals surface area contributed by atoms with Crippen LogP contribution >= 0.6 is 0 Å². The maximum Gasteiger partial charge on any atom is 0.318 e. The van der Waals surface area contributed by atoms with Gasteiger partial charge in [0.1, 0.15) is 6.54 Å². The van der Waals surface area contributed by atoms with E-state index in [4.69, 9.17) is 5.11 Å². The molecule has 1 aliphatic heterocycles. The third-order valence-electron chi connectivity index (χ3n) is 2.57. The van der Waals surface area contributed by atoms with Crippen molar-refractivity contribution in [2.75, 3.05) is 19.6 Å². The lowest BCUT2D eigenvalue weighted by Gasteiger charge is -2.28. The summed E-state index contributed by atoms with van der Waals surface area (Å²) in [5, 5.41) is 13.9. The summed E-state index contributed by atoms with van der Waals surface area (Å²) in [6.45, 7) is 2.70. The van der Waals surface area contributed by atoms with Crippen molar-refractivity contribution in [2.24, 2.45) is 0 Å². The maximum atomic E-state index is 11.7. The van der Waals surface area contributed by atoms with Crippen LogP contribution in [0.3, 0.4) is 0 Å². The summed E-state index contributed by atoms with van der Waals surface area (Å²) in [7, 11) is 0. The molecule has 0 spiro atoms. The fourth-order valence-corrected chi connectivity index (χ4v) is 1.59. The van der Waals surface area contributed by atoms with Gasteiger partial charge >= 0.3 is 12.0 Å². The molecular formula is C10H17N3O4. The van der Waals surface area contributed by atoms with E-state index >= 15 is 0 Å².